The smallest absolute Gasteiger partial charge is 0.156 e. The van der Waals surface area contributed by atoms with E-state index in [1.807, 2.05) is 12.1 Å². The number of anilines is 1. The molecular formula is C17H21NO. The molecule has 1 unspecified atom stereocenters. The van der Waals surface area contributed by atoms with Crippen molar-refractivity contribution in [2.24, 2.45) is 5.41 Å². The Labute approximate surface area is 114 Å². The first-order chi connectivity index (χ1) is 9.14. The summed E-state index contributed by atoms with van der Waals surface area (Å²) in [5.41, 5.74) is 10.8. The largest absolute Gasteiger partial charge is 0.399 e. The molecule has 0 aliphatic heterocycles. The summed E-state index contributed by atoms with van der Waals surface area (Å²) in [4.78, 5) is 11.8. The van der Waals surface area contributed by atoms with E-state index in [2.05, 4.69) is 19.1 Å². The maximum atomic E-state index is 11.8. The molecule has 2 heteroatoms. The zero-order chi connectivity index (χ0) is 13.5. The molecule has 0 amide bonds. The monoisotopic (exact) mass is 255 g/mol. The molecule has 2 N–H and O–H groups in total. The van der Waals surface area contributed by atoms with Gasteiger partial charge in [-0.3, -0.25) is 4.79 Å². The van der Waals surface area contributed by atoms with Gasteiger partial charge in [-0.25, -0.2) is 0 Å². The number of carbonyl (C=O) groups excluding carboxylic acids is 1. The standard InChI is InChI=1S/C17H21NO/c1-2-3-7-17-8-6-14(19)10-16(17)15-5-4-13(18)9-12(15)11-17/h4-5,9-10H,2-3,6-8,11,18H2,1H3. The number of carbonyl (C=O) groups is 1. The van der Waals surface area contributed by atoms with Crippen molar-refractivity contribution in [1.82, 2.24) is 0 Å². The minimum atomic E-state index is 0.208. The van der Waals surface area contributed by atoms with Gasteiger partial charge in [0.2, 0.25) is 0 Å². The van der Waals surface area contributed by atoms with E-state index >= 15 is 0 Å². The second-order valence-electron chi connectivity index (χ2n) is 6.00. The van der Waals surface area contributed by atoms with Crippen LogP contribution in [0, 0.1) is 5.41 Å². The van der Waals surface area contributed by atoms with Gasteiger partial charge in [0.15, 0.2) is 5.78 Å². The van der Waals surface area contributed by atoms with E-state index in [9.17, 15) is 4.79 Å². The Morgan fingerprint density at radius 1 is 1.37 bits per heavy atom. The molecule has 0 aromatic heterocycles. The van der Waals surface area contributed by atoms with Gasteiger partial charge in [-0.05, 0) is 54.2 Å². The normalized spacial score (nSPS) is 24.9. The van der Waals surface area contributed by atoms with Crippen molar-refractivity contribution in [3.63, 3.8) is 0 Å². The molecule has 0 saturated heterocycles. The third-order valence-corrected chi connectivity index (χ3v) is 4.68. The Morgan fingerprint density at radius 2 is 2.21 bits per heavy atom. The number of fused-ring (bicyclic) bond motifs is 3. The molecule has 0 radical (unpaired) electrons. The van der Waals surface area contributed by atoms with E-state index in [1.54, 1.807) is 0 Å². The maximum absolute atomic E-state index is 11.8. The van der Waals surface area contributed by atoms with Crippen LogP contribution in [0.5, 0.6) is 0 Å². The van der Waals surface area contributed by atoms with Crippen LogP contribution < -0.4 is 5.73 Å². The first-order valence-electron chi connectivity index (χ1n) is 7.28. The molecule has 0 heterocycles. The highest BCUT2D eigenvalue weighted by atomic mass is 16.1. The third-order valence-electron chi connectivity index (χ3n) is 4.68. The van der Waals surface area contributed by atoms with Gasteiger partial charge in [-0.2, -0.15) is 0 Å². The van der Waals surface area contributed by atoms with Gasteiger partial charge in [0.25, 0.3) is 0 Å². The summed E-state index contributed by atoms with van der Waals surface area (Å²) in [6.07, 6.45) is 8.31. The van der Waals surface area contributed by atoms with Crippen LogP contribution in [-0.4, -0.2) is 5.78 Å². The zero-order valence-electron chi connectivity index (χ0n) is 11.5. The zero-order valence-corrected chi connectivity index (χ0v) is 11.5. The van der Waals surface area contributed by atoms with Crippen LogP contribution in [-0.2, 0) is 11.2 Å². The van der Waals surface area contributed by atoms with Gasteiger partial charge in [0.1, 0.15) is 0 Å². The lowest BCUT2D eigenvalue weighted by Crippen LogP contribution is -2.25. The Morgan fingerprint density at radius 3 is 3.00 bits per heavy atom. The molecule has 2 aliphatic rings. The summed E-state index contributed by atoms with van der Waals surface area (Å²) in [6, 6.07) is 6.14. The second-order valence-corrected chi connectivity index (χ2v) is 6.00. The van der Waals surface area contributed by atoms with Gasteiger partial charge in [-0.1, -0.05) is 25.8 Å². The van der Waals surface area contributed by atoms with Crippen molar-refractivity contribution in [3.05, 3.63) is 35.4 Å². The van der Waals surface area contributed by atoms with E-state index in [0.717, 1.165) is 18.5 Å². The van der Waals surface area contributed by atoms with Crippen molar-refractivity contribution in [2.75, 3.05) is 5.73 Å². The van der Waals surface area contributed by atoms with E-state index < -0.39 is 0 Å². The predicted molar refractivity (Wildman–Crippen MR) is 78.7 cm³/mol. The number of hydrogen-bond donors (Lipinski definition) is 1. The third kappa shape index (κ3) is 1.99. The summed E-state index contributed by atoms with van der Waals surface area (Å²) < 4.78 is 0. The van der Waals surface area contributed by atoms with Crippen molar-refractivity contribution in [1.29, 1.82) is 0 Å². The number of benzene rings is 1. The lowest BCUT2D eigenvalue weighted by atomic mass is 9.69. The summed E-state index contributed by atoms with van der Waals surface area (Å²) >= 11 is 0. The first kappa shape index (κ1) is 12.5. The number of nitrogens with two attached hydrogens (primary N) is 1. The molecule has 0 fully saturated rings. The summed E-state index contributed by atoms with van der Waals surface area (Å²) in [5.74, 6) is 0.284. The van der Waals surface area contributed by atoms with Crippen molar-refractivity contribution in [2.45, 2.75) is 45.4 Å². The first-order valence-corrected chi connectivity index (χ1v) is 7.28. The topological polar surface area (TPSA) is 43.1 Å². The van der Waals surface area contributed by atoms with Crippen LogP contribution in [0.4, 0.5) is 5.69 Å². The molecule has 0 saturated carbocycles. The molecule has 2 nitrogen and oxygen atoms in total. The quantitative estimate of drug-likeness (QED) is 0.836. The van der Waals surface area contributed by atoms with Gasteiger partial charge in [0.05, 0.1) is 0 Å². The summed E-state index contributed by atoms with van der Waals surface area (Å²) in [6.45, 7) is 2.23. The Balaban J connectivity index is 2.06. The minimum absolute atomic E-state index is 0.208. The highest BCUT2D eigenvalue weighted by Crippen LogP contribution is 2.54. The van der Waals surface area contributed by atoms with Gasteiger partial charge in [0, 0.05) is 17.5 Å². The fraction of sp³-hybridized carbons (Fsp3) is 0.471. The fourth-order valence-corrected chi connectivity index (χ4v) is 3.68. The van der Waals surface area contributed by atoms with Crippen LogP contribution in [0.1, 0.15) is 50.2 Å². The van der Waals surface area contributed by atoms with Crippen LogP contribution in [0.15, 0.2) is 24.3 Å². The highest BCUT2D eigenvalue weighted by Gasteiger charge is 2.43. The van der Waals surface area contributed by atoms with Crippen molar-refractivity contribution < 1.29 is 4.79 Å². The van der Waals surface area contributed by atoms with Gasteiger partial charge < -0.3 is 5.73 Å². The average Bonchev–Trinajstić information content (AvgIpc) is 2.70. The molecule has 0 bridgehead atoms. The lowest BCUT2D eigenvalue weighted by Gasteiger charge is -2.34. The number of nitrogen functional groups attached to an aromatic ring is 1. The van der Waals surface area contributed by atoms with Crippen LogP contribution in [0.25, 0.3) is 5.57 Å². The van der Waals surface area contributed by atoms with Gasteiger partial charge in [-0.15, -0.1) is 0 Å². The number of hydrogen-bond acceptors (Lipinski definition) is 2. The van der Waals surface area contributed by atoms with Crippen LogP contribution >= 0.6 is 0 Å². The molecule has 19 heavy (non-hydrogen) atoms. The van der Waals surface area contributed by atoms with Gasteiger partial charge >= 0.3 is 0 Å². The molecule has 1 aromatic carbocycles. The lowest BCUT2D eigenvalue weighted by molar-refractivity contribution is -0.115. The minimum Gasteiger partial charge on any atom is -0.399 e. The second kappa shape index (κ2) is 4.52. The average molecular weight is 255 g/mol. The Bertz CT molecular complexity index is 558. The van der Waals surface area contributed by atoms with E-state index in [1.165, 1.54) is 36.0 Å². The molecule has 1 aromatic rings. The van der Waals surface area contributed by atoms with E-state index in [4.69, 9.17) is 5.73 Å². The highest BCUT2D eigenvalue weighted by molar-refractivity contribution is 6.01. The predicted octanol–water partition coefficient (Wildman–Crippen LogP) is 3.75. The molecular weight excluding hydrogens is 234 g/mol. The molecule has 100 valence electrons. The number of unbranched alkanes of at least 4 members (excludes halogenated alkanes) is 1. The van der Waals surface area contributed by atoms with Crippen molar-refractivity contribution >= 4 is 17.0 Å². The summed E-state index contributed by atoms with van der Waals surface area (Å²) in [5, 5.41) is 0. The Kier molecular flexibility index (Phi) is 2.96. The number of allylic oxidation sites excluding steroid dienone is 2. The van der Waals surface area contributed by atoms with Crippen LogP contribution in [0.2, 0.25) is 0 Å². The van der Waals surface area contributed by atoms with Crippen LogP contribution in [0.3, 0.4) is 0 Å². The molecule has 2 aliphatic carbocycles. The Hall–Kier alpha value is -1.57. The maximum Gasteiger partial charge on any atom is 0.156 e. The van der Waals surface area contributed by atoms with Crippen molar-refractivity contribution in [3.8, 4) is 0 Å². The number of ketones is 1. The summed E-state index contributed by atoms with van der Waals surface area (Å²) in [7, 11) is 0. The molecule has 0 spiro atoms. The van der Waals surface area contributed by atoms with E-state index in [0.29, 0.717) is 6.42 Å². The SMILES string of the molecule is CCCCC12CCC(=O)C=C1c1ccc(N)cc1C2. The molecule has 3 rings (SSSR count). The number of rotatable bonds is 3. The fourth-order valence-electron chi connectivity index (χ4n) is 3.68. The molecule has 1 atom stereocenters. The van der Waals surface area contributed by atoms with E-state index in [-0.39, 0.29) is 11.2 Å².